The summed E-state index contributed by atoms with van der Waals surface area (Å²) in [7, 11) is 0. The van der Waals surface area contributed by atoms with E-state index in [1.165, 1.54) is 0 Å². The van der Waals surface area contributed by atoms with Gasteiger partial charge in [0.1, 0.15) is 0 Å². The molecular formula is C2H4NNaO4. The average molecular weight is 129 g/mol. The van der Waals surface area contributed by atoms with Crippen LogP contribution in [0.3, 0.4) is 0 Å². The summed E-state index contributed by atoms with van der Waals surface area (Å²) in [6.45, 7) is 0. The molecule has 8 heavy (non-hydrogen) atoms. The molecule has 0 saturated heterocycles. The van der Waals surface area contributed by atoms with Crippen LogP contribution >= 0.6 is 0 Å². The number of nitrogens with two attached hydrogens (primary N) is 1. The van der Waals surface area contributed by atoms with Gasteiger partial charge in [-0.15, -0.1) is 0 Å². The summed E-state index contributed by atoms with van der Waals surface area (Å²) in [6.07, 6.45) is 0. The third-order valence-electron chi connectivity index (χ3n) is 0.282. The Kier molecular flexibility index (Phi) is 6.81. The van der Waals surface area contributed by atoms with Crippen LogP contribution in [0.1, 0.15) is 0 Å². The maximum absolute atomic E-state index is 9.56. The number of carbonyl (C=O) groups excluding carboxylic acids is 1. The number of hydrogen-bond donors (Lipinski definition) is 2. The van der Waals surface area contributed by atoms with E-state index in [0.29, 0.717) is 0 Å². The second-order valence-corrected chi connectivity index (χ2v) is 0.710. The van der Waals surface area contributed by atoms with Crippen molar-refractivity contribution in [1.82, 2.24) is 0 Å². The van der Waals surface area contributed by atoms with E-state index in [-0.39, 0.29) is 29.6 Å². The van der Waals surface area contributed by atoms with Gasteiger partial charge in [-0.3, -0.25) is 0 Å². The van der Waals surface area contributed by atoms with Gasteiger partial charge in [0.15, 0.2) is 0 Å². The van der Waals surface area contributed by atoms with Crippen LogP contribution in [0, 0.1) is 0 Å². The van der Waals surface area contributed by atoms with Crippen LogP contribution in [0.2, 0.25) is 0 Å². The molecule has 0 heterocycles. The van der Waals surface area contributed by atoms with Gasteiger partial charge < -0.3 is 9.94 Å². The molecule has 5 nitrogen and oxygen atoms in total. The molecule has 0 amide bonds. The summed E-state index contributed by atoms with van der Waals surface area (Å²) in [5.74, 6) is 0.992. The SMILES string of the molecule is NOC(=O)C(=O)O.[NaH]. The average Bonchev–Trinajstić information content (AvgIpc) is 1.65. The van der Waals surface area contributed by atoms with Gasteiger partial charge in [-0.2, -0.15) is 5.90 Å². The number of carbonyl (C=O) groups is 2. The summed E-state index contributed by atoms with van der Waals surface area (Å²) >= 11 is 0. The molecule has 0 fully saturated rings. The van der Waals surface area contributed by atoms with Crippen molar-refractivity contribution in [2.75, 3.05) is 0 Å². The minimum atomic E-state index is -1.69. The van der Waals surface area contributed by atoms with Gasteiger partial charge >= 0.3 is 41.5 Å². The van der Waals surface area contributed by atoms with E-state index in [4.69, 9.17) is 5.11 Å². The molecule has 0 spiro atoms. The zero-order valence-corrected chi connectivity index (χ0v) is 3.25. The summed E-state index contributed by atoms with van der Waals surface area (Å²) in [5.41, 5.74) is 0. The van der Waals surface area contributed by atoms with Crippen molar-refractivity contribution in [2.24, 2.45) is 5.90 Å². The predicted octanol–water partition coefficient (Wildman–Crippen LogP) is -2.16. The Bertz CT molecular complexity index is 102. The Morgan fingerprint density at radius 2 is 1.88 bits per heavy atom. The Labute approximate surface area is 67.0 Å². The molecule has 0 saturated carbocycles. The predicted molar refractivity (Wildman–Crippen MR) is 25.1 cm³/mol. The quantitative estimate of drug-likeness (QED) is 0.221. The first kappa shape index (κ1) is 10.8. The molecule has 3 N–H and O–H groups in total. The zero-order chi connectivity index (χ0) is 5.86. The van der Waals surface area contributed by atoms with Crippen LogP contribution < -0.4 is 5.90 Å². The second kappa shape index (κ2) is 5.04. The molecular weight excluding hydrogens is 125 g/mol. The van der Waals surface area contributed by atoms with E-state index in [9.17, 15) is 9.59 Å². The molecule has 0 aliphatic rings. The fourth-order valence-electron chi connectivity index (χ4n) is 0.0504. The summed E-state index contributed by atoms with van der Waals surface area (Å²) in [5, 5.41) is 7.63. The standard InChI is InChI=1S/C2H3NO4.Na.H/c3-7-2(6)1(4)5;;/h3H2,(H,4,5);;. The molecule has 0 unspecified atom stereocenters. The molecule has 42 valence electrons. The van der Waals surface area contributed by atoms with E-state index >= 15 is 0 Å². The third-order valence-corrected chi connectivity index (χ3v) is 0.282. The zero-order valence-electron chi connectivity index (χ0n) is 3.25. The number of carboxylic acid groups (broad SMARTS) is 1. The molecule has 0 rings (SSSR count). The van der Waals surface area contributed by atoms with Crippen LogP contribution in [0.4, 0.5) is 0 Å². The fraction of sp³-hybridized carbons (Fsp3) is 0. The summed E-state index contributed by atoms with van der Waals surface area (Å²) < 4.78 is 0. The minimum absolute atomic E-state index is 0. The Hall–Kier alpha value is -0.100. The molecule has 0 aliphatic heterocycles. The van der Waals surface area contributed by atoms with Crippen molar-refractivity contribution in [3.63, 3.8) is 0 Å². The van der Waals surface area contributed by atoms with Crippen LogP contribution in [0.25, 0.3) is 0 Å². The molecule has 0 aromatic heterocycles. The van der Waals surface area contributed by atoms with Crippen molar-refractivity contribution < 1.29 is 19.5 Å². The Morgan fingerprint density at radius 1 is 1.50 bits per heavy atom. The number of rotatable bonds is 0. The first-order valence-corrected chi connectivity index (χ1v) is 1.32. The molecule has 0 atom stereocenters. The van der Waals surface area contributed by atoms with E-state index in [1.807, 2.05) is 0 Å². The van der Waals surface area contributed by atoms with Gasteiger partial charge in [-0.1, -0.05) is 0 Å². The van der Waals surface area contributed by atoms with Crippen molar-refractivity contribution >= 4 is 41.5 Å². The van der Waals surface area contributed by atoms with Crippen molar-refractivity contribution in [2.45, 2.75) is 0 Å². The third kappa shape index (κ3) is 4.07. The van der Waals surface area contributed by atoms with Gasteiger partial charge in [0, 0.05) is 0 Å². The summed E-state index contributed by atoms with van der Waals surface area (Å²) in [4.78, 5) is 22.2. The van der Waals surface area contributed by atoms with Crippen LogP contribution in [-0.2, 0) is 14.4 Å². The van der Waals surface area contributed by atoms with E-state index in [2.05, 4.69) is 10.7 Å². The van der Waals surface area contributed by atoms with Gasteiger partial charge in [0.25, 0.3) is 0 Å². The first-order chi connectivity index (χ1) is 3.18. The normalized spacial score (nSPS) is 6.62. The Balaban J connectivity index is 0. The van der Waals surface area contributed by atoms with Crippen LogP contribution in [-0.4, -0.2) is 46.6 Å². The second-order valence-electron chi connectivity index (χ2n) is 0.710. The van der Waals surface area contributed by atoms with Crippen molar-refractivity contribution in [3.05, 3.63) is 0 Å². The van der Waals surface area contributed by atoms with Gasteiger partial charge in [-0.25, -0.2) is 9.59 Å². The maximum atomic E-state index is 9.56. The molecule has 6 heteroatoms. The van der Waals surface area contributed by atoms with Crippen LogP contribution in [0.15, 0.2) is 0 Å². The summed E-state index contributed by atoms with van der Waals surface area (Å²) in [6, 6.07) is 0. The van der Waals surface area contributed by atoms with E-state index < -0.39 is 11.9 Å². The van der Waals surface area contributed by atoms with Crippen LogP contribution in [0.5, 0.6) is 0 Å². The molecule has 0 aromatic carbocycles. The monoisotopic (exact) mass is 129 g/mol. The number of aliphatic carboxylic acids is 1. The first-order valence-electron chi connectivity index (χ1n) is 1.32. The van der Waals surface area contributed by atoms with Crippen molar-refractivity contribution in [1.29, 1.82) is 0 Å². The number of carboxylic acids is 1. The van der Waals surface area contributed by atoms with Gasteiger partial charge in [0.05, 0.1) is 0 Å². The Morgan fingerprint density at radius 3 is 1.88 bits per heavy atom. The van der Waals surface area contributed by atoms with E-state index in [1.54, 1.807) is 0 Å². The molecule has 0 aromatic rings. The van der Waals surface area contributed by atoms with Gasteiger partial charge in [-0.05, 0) is 0 Å². The molecule has 0 aliphatic carbocycles. The molecule has 0 radical (unpaired) electrons. The topological polar surface area (TPSA) is 89.6 Å². The number of hydrogen-bond acceptors (Lipinski definition) is 4. The van der Waals surface area contributed by atoms with Crippen molar-refractivity contribution in [3.8, 4) is 0 Å². The molecule has 0 bridgehead atoms. The fourth-order valence-corrected chi connectivity index (χ4v) is 0.0504. The van der Waals surface area contributed by atoms with Gasteiger partial charge in [0.2, 0.25) is 0 Å². The van der Waals surface area contributed by atoms with E-state index in [0.717, 1.165) is 0 Å².